The number of nitrogens with two attached hydrogens (primary N) is 1. The van der Waals surface area contributed by atoms with Gasteiger partial charge >= 0.3 is 0 Å². The molecule has 1 aliphatic rings. The number of anilines is 1. The third-order valence-electron chi connectivity index (χ3n) is 2.81. The first-order valence-corrected chi connectivity index (χ1v) is 6.78. The molecule has 16 heavy (non-hydrogen) atoms. The minimum absolute atomic E-state index is 0.116. The Morgan fingerprint density at radius 1 is 1.31 bits per heavy atom. The summed E-state index contributed by atoms with van der Waals surface area (Å²) in [4.78, 5) is 0.333. The van der Waals surface area contributed by atoms with Gasteiger partial charge in [0.25, 0.3) is 0 Å². The van der Waals surface area contributed by atoms with Gasteiger partial charge in [0.1, 0.15) is 0 Å². The second-order valence-electron chi connectivity index (χ2n) is 4.32. The molecule has 2 rings (SSSR count). The van der Waals surface area contributed by atoms with Crippen LogP contribution in [0.25, 0.3) is 0 Å². The van der Waals surface area contributed by atoms with Crippen LogP contribution in [0.1, 0.15) is 24.0 Å². The van der Waals surface area contributed by atoms with Gasteiger partial charge in [-0.2, -0.15) is 0 Å². The summed E-state index contributed by atoms with van der Waals surface area (Å²) in [5.74, 6) is 0. The smallest absolute Gasteiger partial charge is 0.241 e. The second-order valence-corrected chi connectivity index (χ2v) is 5.97. The fraction of sp³-hybridized carbons (Fsp3) is 0.455. The van der Waals surface area contributed by atoms with Crippen molar-refractivity contribution in [2.24, 2.45) is 0 Å². The number of benzene rings is 1. The van der Waals surface area contributed by atoms with Gasteiger partial charge in [0.15, 0.2) is 0 Å². The molecular formula is C11H16N2O2S. The Kier molecular flexibility index (Phi) is 2.67. The Labute approximate surface area is 95.9 Å². The summed E-state index contributed by atoms with van der Waals surface area (Å²) in [5.41, 5.74) is 7.62. The first kappa shape index (κ1) is 11.4. The molecule has 0 aromatic heterocycles. The highest BCUT2D eigenvalue weighted by Gasteiger charge is 2.30. The average Bonchev–Trinajstić information content (AvgIpc) is 2.94. The van der Waals surface area contributed by atoms with Crippen molar-refractivity contribution in [2.45, 2.75) is 37.6 Å². The zero-order valence-electron chi connectivity index (χ0n) is 9.45. The molecule has 1 fully saturated rings. The van der Waals surface area contributed by atoms with Crippen LogP contribution >= 0.6 is 0 Å². The summed E-state index contributed by atoms with van der Waals surface area (Å²) in [6, 6.07) is 3.59. The highest BCUT2D eigenvalue weighted by atomic mass is 32.2. The Hall–Kier alpha value is -1.07. The molecule has 5 heteroatoms. The highest BCUT2D eigenvalue weighted by Crippen LogP contribution is 2.27. The lowest BCUT2D eigenvalue weighted by Gasteiger charge is -2.13. The van der Waals surface area contributed by atoms with Gasteiger partial charge in [-0.3, -0.25) is 0 Å². The van der Waals surface area contributed by atoms with Gasteiger partial charge in [0, 0.05) is 11.7 Å². The van der Waals surface area contributed by atoms with Gasteiger partial charge in [-0.25, -0.2) is 13.1 Å². The topological polar surface area (TPSA) is 72.2 Å². The van der Waals surface area contributed by atoms with Crippen molar-refractivity contribution < 1.29 is 8.42 Å². The van der Waals surface area contributed by atoms with Gasteiger partial charge in [-0.1, -0.05) is 6.07 Å². The van der Waals surface area contributed by atoms with Crippen LogP contribution in [0.4, 0.5) is 5.69 Å². The summed E-state index contributed by atoms with van der Waals surface area (Å²) in [6.45, 7) is 3.53. The van der Waals surface area contributed by atoms with E-state index in [0.29, 0.717) is 16.1 Å². The molecular weight excluding hydrogens is 224 g/mol. The summed E-state index contributed by atoms with van der Waals surface area (Å²) in [5, 5.41) is 0. The molecule has 0 spiro atoms. The van der Waals surface area contributed by atoms with Crippen LogP contribution in [0.5, 0.6) is 0 Å². The van der Waals surface area contributed by atoms with Crippen LogP contribution in [0.2, 0.25) is 0 Å². The number of hydrogen-bond donors (Lipinski definition) is 2. The van der Waals surface area contributed by atoms with E-state index in [4.69, 9.17) is 5.73 Å². The first-order valence-electron chi connectivity index (χ1n) is 5.30. The number of nitrogens with one attached hydrogen (secondary N) is 1. The van der Waals surface area contributed by atoms with Crippen LogP contribution in [0.15, 0.2) is 17.0 Å². The largest absolute Gasteiger partial charge is 0.398 e. The molecule has 0 radical (unpaired) electrons. The Balaban J connectivity index is 2.49. The van der Waals surface area contributed by atoms with Crippen molar-refractivity contribution in [1.29, 1.82) is 0 Å². The molecule has 0 saturated heterocycles. The van der Waals surface area contributed by atoms with E-state index in [2.05, 4.69) is 4.72 Å². The fourth-order valence-corrected chi connectivity index (χ4v) is 3.54. The van der Waals surface area contributed by atoms with Crippen molar-refractivity contribution in [2.75, 3.05) is 5.73 Å². The summed E-state index contributed by atoms with van der Waals surface area (Å²) in [6.07, 6.45) is 1.86. The normalized spacial score (nSPS) is 16.4. The van der Waals surface area contributed by atoms with Gasteiger partial charge in [0.2, 0.25) is 10.0 Å². The van der Waals surface area contributed by atoms with Crippen molar-refractivity contribution in [3.63, 3.8) is 0 Å². The van der Waals surface area contributed by atoms with Gasteiger partial charge in [-0.05, 0) is 43.9 Å². The van der Waals surface area contributed by atoms with Crippen LogP contribution in [0.3, 0.4) is 0 Å². The molecule has 0 bridgehead atoms. The van der Waals surface area contributed by atoms with E-state index < -0.39 is 10.0 Å². The minimum atomic E-state index is -3.41. The second kappa shape index (κ2) is 3.75. The molecule has 1 aromatic rings. The number of aryl methyl sites for hydroxylation is 1. The van der Waals surface area contributed by atoms with Crippen LogP contribution in [-0.4, -0.2) is 14.5 Å². The third-order valence-corrected chi connectivity index (χ3v) is 4.62. The van der Waals surface area contributed by atoms with E-state index in [9.17, 15) is 8.42 Å². The zero-order valence-corrected chi connectivity index (χ0v) is 10.3. The van der Waals surface area contributed by atoms with E-state index in [0.717, 1.165) is 18.4 Å². The van der Waals surface area contributed by atoms with Gasteiger partial charge < -0.3 is 5.73 Å². The lowest BCUT2D eigenvalue weighted by molar-refractivity contribution is 0.580. The Bertz CT molecular complexity index is 519. The Morgan fingerprint density at radius 2 is 1.94 bits per heavy atom. The number of hydrogen-bond acceptors (Lipinski definition) is 3. The third kappa shape index (κ3) is 2.05. The number of nitrogen functional groups attached to an aromatic ring is 1. The molecule has 0 atom stereocenters. The first-order chi connectivity index (χ1) is 7.42. The standard InChI is InChI=1S/C11H16N2O2S/c1-7-3-6-10(12)8(2)11(7)16(14,15)13-9-4-5-9/h3,6,9,13H,4-5,12H2,1-2H3. The SMILES string of the molecule is Cc1ccc(N)c(C)c1S(=O)(=O)NC1CC1. The maximum atomic E-state index is 12.1. The average molecular weight is 240 g/mol. The summed E-state index contributed by atoms with van der Waals surface area (Å²) in [7, 11) is -3.41. The predicted octanol–water partition coefficient (Wildman–Crippen LogP) is 1.33. The van der Waals surface area contributed by atoms with Crippen LogP contribution in [-0.2, 0) is 10.0 Å². The summed E-state index contributed by atoms with van der Waals surface area (Å²) >= 11 is 0. The quantitative estimate of drug-likeness (QED) is 0.783. The minimum Gasteiger partial charge on any atom is -0.398 e. The lowest BCUT2D eigenvalue weighted by Crippen LogP contribution is -2.27. The van der Waals surface area contributed by atoms with E-state index in [1.54, 1.807) is 26.0 Å². The van der Waals surface area contributed by atoms with Crippen molar-refractivity contribution in [1.82, 2.24) is 4.72 Å². The molecule has 1 aliphatic carbocycles. The number of rotatable bonds is 3. The highest BCUT2D eigenvalue weighted by molar-refractivity contribution is 7.89. The fourth-order valence-electron chi connectivity index (χ4n) is 1.74. The maximum absolute atomic E-state index is 12.1. The van der Waals surface area contributed by atoms with E-state index in [-0.39, 0.29) is 6.04 Å². The predicted molar refractivity (Wildman–Crippen MR) is 63.7 cm³/mol. The zero-order chi connectivity index (χ0) is 11.9. The molecule has 4 nitrogen and oxygen atoms in total. The van der Waals surface area contributed by atoms with Crippen molar-refractivity contribution >= 4 is 15.7 Å². The molecule has 0 aliphatic heterocycles. The van der Waals surface area contributed by atoms with E-state index in [1.807, 2.05) is 0 Å². The van der Waals surface area contributed by atoms with Crippen molar-refractivity contribution in [3.05, 3.63) is 23.3 Å². The summed E-state index contributed by atoms with van der Waals surface area (Å²) < 4.78 is 26.9. The van der Waals surface area contributed by atoms with Gasteiger partial charge in [0.05, 0.1) is 4.90 Å². The molecule has 0 amide bonds. The van der Waals surface area contributed by atoms with E-state index in [1.165, 1.54) is 0 Å². The van der Waals surface area contributed by atoms with E-state index >= 15 is 0 Å². The molecule has 1 saturated carbocycles. The molecule has 3 N–H and O–H groups in total. The Morgan fingerprint density at radius 3 is 2.50 bits per heavy atom. The molecule has 1 aromatic carbocycles. The lowest BCUT2D eigenvalue weighted by atomic mass is 10.1. The maximum Gasteiger partial charge on any atom is 0.241 e. The van der Waals surface area contributed by atoms with Crippen LogP contribution in [0, 0.1) is 13.8 Å². The van der Waals surface area contributed by atoms with Crippen molar-refractivity contribution in [3.8, 4) is 0 Å². The van der Waals surface area contributed by atoms with Crippen LogP contribution < -0.4 is 10.5 Å². The molecule has 88 valence electrons. The van der Waals surface area contributed by atoms with Gasteiger partial charge in [-0.15, -0.1) is 0 Å². The molecule has 0 heterocycles. The number of sulfonamides is 1. The molecule has 0 unspecified atom stereocenters. The monoisotopic (exact) mass is 240 g/mol.